The number of H-pyrrole nitrogens is 1. The smallest absolute Gasteiger partial charge is 0.341 e. The van der Waals surface area contributed by atoms with Crippen LogP contribution in [-0.4, -0.2) is 36.3 Å². The number of halogens is 4. The van der Waals surface area contributed by atoms with Crippen molar-refractivity contribution in [3.63, 3.8) is 0 Å². The highest BCUT2D eigenvalue weighted by Crippen LogP contribution is 2.40. The fraction of sp³-hybridized carbons (Fsp3) is 0.310. The van der Waals surface area contributed by atoms with Crippen LogP contribution in [0.1, 0.15) is 47.6 Å². The average Bonchev–Trinajstić information content (AvgIpc) is 3.53. The van der Waals surface area contributed by atoms with E-state index in [4.69, 9.17) is 21.7 Å². The van der Waals surface area contributed by atoms with Gasteiger partial charge in [-0.15, -0.1) is 0 Å². The number of hydrogen-bond donors (Lipinski definition) is 1. The van der Waals surface area contributed by atoms with Gasteiger partial charge < -0.3 is 9.88 Å². The molecule has 5 aromatic rings. The van der Waals surface area contributed by atoms with Crippen LogP contribution in [0.4, 0.5) is 19.1 Å². The van der Waals surface area contributed by atoms with E-state index in [0.717, 1.165) is 70.3 Å². The Hall–Kier alpha value is -3.92. The third-order valence-electron chi connectivity index (χ3n) is 7.43. The molecule has 0 radical (unpaired) electrons. The van der Waals surface area contributed by atoms with Gasteiger partial charge in [-0.1, -0.05) is 43.6 Å². The van der Waals surface area contributed by atoms with Crippen molar-refractivity contribution in [1.29, 1.82) is 0 Å². The highest BCUT2D eigenvalue weighted by Gasteiger charge is 2.33. The maximum atomic E-state index is 13.1. The summed E-state index contributed by atoms with van der Waals surface area (Å²) in [5.74, 6) is 0.990. The van der Waals surface area contributed by atoms with E-state index in [1.807, 2.05) is 28.6 Å². The first-order valence-electron chi connectivity index (χ1n) is 13.2. The van der Waals surface area contributed by atoms with E-state index in [1.165, 1.54) is 11.1 Å². The van der Waals surface area contributed by atoms with Crippen molar-refractivity contribution < 1.29 is 13.2 Å². The van der Waals surface area contributed by atoms with Crippen molar-refractivity contribution in [3.8, 4) is 16.9 Å². The number of imidazole rings is 1. The summed E-state index contributed by atoms with van der Waals surface area (Å²) in [5, 5.41) is 5.73. The van der Waals surface area contributed by atoms with Crippen LogP contribution < -0.4 is 4.90 Å². The second kappa shape index (κ2) is 9.92. The zero-order valence-electron chi connectivity index (χ0n) is 22.3. The molecule has 206 valence electrons. The number of rotatable bonds is 5. The Balaban J connectivity index is 1.56. The number of aryl methyl sites for hydroxylation is 3. The van der Waals surface area contributed by atoms with Gasteiger partial charge in [0.2, 0.25) is 5.95 Å². The molecule has 0 aliphatic carbocycles. The van der Waals surface area contributed by atoms with E-state index in [2.05, 4.69) is 47.0 Å². The predicted octanol–water partition coefficient (Wildman–Crippen LogP) is 6.87. The van der Waals surface area contributed by atoms with E-state index in [-0.39, 0.29) is 5.95 Å². The van der Waals surface area contributed by atoms with Gasteiger partial charge in [-0.2, -0.15) is 18.3 Å². The monoisotopic (exact) mass is 565 g/mol. The zero-order valence-corrected chi connectivity index (χ0v) is 23.0. The van der Waals surface area contributed by atoms with Crippen LogP contribution in [0.2, 0.25) is 5.02 Å². The summed E-state index contributed by atoms with van der Waals surface area (Å²) < 4.78 is 41.4. The molecule has 1 aliphatic heterocycles. The molecule has 0 bridgehead atoms. The van der Waals surface area contributed by atoms with Gasteiger partial charge in [0.15, 0.2) is 0 Å². The molecule has 40 heavy (non-hydrogen) atoms. The fourth-order valence-electron chi connectivity index (χ4n) is 5.47. The van der Waals surface area contributed by atoms with Gasteiger partial charge >= 0.3 is 6.18 Å². The molecule has 0 spiro atoms. The molecule has 0 amide bonds. The Morgan fingerprint density at radius 1 is 1.02 bits per heavy atom. The van der Waals surface area contributed by atoms with Crippen LogP contribution in [0.3, 0.4) is 0 Å². The van der Waals surface area contributed by atoms with Gasteiger partial charge in [0, 0.05) is 43.0 Å². The lowest BCUT2D eigenvalue weighted by atomic mass is 9.98. The van der Waals surface area contributed by atoms with Crippen molar-refractivity contribution in [3.05, 3.63) is 81.5 Å². The molecule has 1 aliphatic rings. The molecule has 0 fully saturated rings. The number of fused-ring (bicyclic) bond motifs is 2. The van der Waals surface area contributed by atoms with Crippen LogP contribution in [-0.2, 0) is 32.0 Å². The van der Waals surface area contributed by atoms with Crippen molar-refractivity contribution in [2.45, 2.75) is 52.8 Å². The topological polar surface area (TPSA) is 75.5 Å². The second-order valence-corrected chi connectivity index (χ2v) is 10.3. The predicted molar refractivity (Wildman–Crippen MR) is 149 cm³/mol. The van der Waals surface area contributed by atoms with Gasteiger partial charge in [0.25, 0.3) is 0 Å². The molecule has 2 aromatic carbocycles. The van der Waals surface area contributed by atoms with Crippen LogP contribution in [0.25, 0.3) is 28.0 Å². The fourth-order valence-corrected chi connectivity index (χ4v) is 5.67. The molecule has 0 atom stereocenters. The quantitative estimate of drug-likeness (QED) is 0.251. The number of para-hydroxylation sites is 1. The standard InChI is InChI=1S/C29H27ClF3N7/c1-4-17-7-6-8-18(5-2)26(17)40-27(20-9-10-22(30)25-24(20)36-16(3)37-25)21-15-39(12-11-23(21)38-40)28-34-13-19(14-35-28)29(31,32)33/h6-10,13-14H,4-5,11-12,15H2,1-3H3,(H,36,37). The largest absolute Gasteiger partial charge is 0.419 e. The van der Waals surface area contributed by atoms with E-state index < -0.39 is 11.7 Å². The van der Waals surface area contributed by atoms with Crippen LogP contribution >= 0.6 is 11.6 Å². The lowest BCUT2D eigenvalue weighted by Crippen LogP contribution is -2.31. The van der Waals surface area contributed by atoms with Crippen molar-refractivity contribution in [2.75, 3.05) is 11.4 Å². The van der Waals surface area contributed by atoms with Crippen molar-refractivity contribution >= 4 is 28.6 Å². The van der Waals surface area contributed by atoms with Gasteiger partial charge in [-0.25, -0.2) is 19.6 Å². The summed E-state index contributed by atoms with van der Waals surface area (Å²) in [7, 11) is 0. The number of anilines is 1. The Labute approximate surface area is 234 Å². The molecule has 0 saturated heterocycles. The normalized spacial score (nSPS) is 13.7. The molecule has 6 rings (SSSR count). The maximum Gasteiger partial charge on any atom is 0.419 e. The molecule has 11 heteroatoms. The summed E-state index contributed by atoms with van der Waals surface area (Å²) >= 11 is 6.55. The molecular formula is C29H27ClF3N7. The molecule has 0 saturated carbocycles. The number of aromatic nitrogens is 6. The molecular weight excluding hydrogens is 539 g/mol. The summed E-state index contributed by atoms with van der Waals surface area (Å²) in [6.07, 6.45) is -0.573. The highest BCUT2D eigenvalue weighted by molar-refractivity contribution is 6.35. The Kier molecular flexibility index (Phi) is 6.53. The third kappa shape index (κ3) is 4.40. The van der Waals surface area contributed by atoms with Gasteiger partial charge in [0.05, 0.1) is 38.7 Å². The SMILES string of the molecule is CCc1cccc(CC)c1-n1nc2c(c1-c1ccc(Cl)c3[nH]c(C)nc13)CN(c1ncc(C(F)(F)F)cn1)CC2. The van der Waals surface area contributed by atoms with Crippen molar-refractivity contribution in [2.24, 2.45) is 0 Å². The Bertz CT molecular complexity index is 1700. The van der Waals surface area contributed by atoms with Crippen LogP contribution in [0, 0.1) is 6.92 Å². The van der Waals surface area contributed by atoms with Crippen LogP contribution in [0.5, 0.6) is 0 Å². The highest BCUT2D eigenvalue weighted by atomic mass is 35.5. The first-order valence-corrected chi connectivity index (χ1v) is 13.6. The third-order valence-corrected chi connectivity index (χ3v) is 7.74. The van der Waals surface area contributed by atoms with E-state index in [0.29, 0.717) is 24.5 Å². The van der Waals surface area contributed by atoms with E-state index >= 15 is 0 Å². The average molecular weight is 566 g/mol. The van der Waals surface area contributed by atoms with E-state index in [1.54, 1.807) is 0 Å². The van der Waals surface area contributed by atoms with Gasteiger partial charge in [-0.05, 0) is 43.0 Å². The molecule has 1 N–H and O–H groups in total. The second-order valence-electron chi connectivity index (χ2n) is 9.90. The zero-order chi connectivity index (χ0) is 28.2. The van der Waals surface area contributed by atoms with Crippen LogP contribution in [0.15, 0.2) is 42.7 Å². The summed E-state index contributed by atoms with van der Waals surface area (Å²) in [6.45, 7) is 7.06. The van der Waals surface area contributed by atoms with Gasteiger partial charge in [0.1, 0.15) is 5.82 Å². The summed E-state index contributed by atoms with van der Waals surface area (Å²) in [4.78, 5) is 18.1. The molecule has 0 unspecified atom stereocenters. The summed E-state index contributed by atoms with van der Waals surface area (Å²) in [5.41, 5.74) is 7.66. The number of alkyl halides is 3. The first kappa shape index (κ1) is 26.3. The number of hydrogen-bond acceptors (Lipinski definition) is 5. The maximum absolute atomic E-state index is 13.1. The van der Waals surface area contributed by atoms with Gasteiger partial charge in [-0.3, -0.25) is 0 Å². The number of nitrogens with zero attached hydrogens (tertiary/aromatic N) is 6. The number of nitrogens with one attached hydrogen (secondary N) is 1. The lowest BCUT2D eigenvalue weighted by molar-refractivity contribution is -0.138. The first-order chi connectivity index (χ1) is 19.2. The van der Waals surface area contributed by atoms with Crippen molar-refractivity contribution in [1.82, 2.24) is 29.7 Å². The minimum atomic E-state index is -4.49. The Morgan fingerprint density at radius 2 is 1.73 bits per heavy atom. The van der Waals surface area contributed by atoms with E-state index in [9.17, 15) is 13.2 Å². The number of benzene rings is 2. The lowest BCUT2D eigenvalue weighted by Gasteiger charge is -2.27. The minimum Gasteiger partial charge on any atom is -0.341 e. The molecule has 7 nitrogen and oxygen atoms in total. The minimum absolute atomic E-state index is 0.248. The Morgan fingerprint density at radius 3 is 2.38 bits per heavy atom. The number of aromatic amines is 1. The summed E-state index contributed by atoms with van der Waals surface area (Å²) in [6, 6.07) is 10.1. The molecule has 4 heterocycles. The molecule has 3 aromatic heterocycles.